The number of nitro groups is 1. The quantitative estimate of drug-likeness (QED) is 0.375. The van der Waals surface area contributed by atoms with Crippen LogP contribution in [0.3, 0.4) is 0 Å². The number of benzene rings is 2. The van der Waals surface area contributed by atoms with Crippen molar-refractivity contribution in [1.29, 1.82) is 0 Å². The summed E-state index contributed by atoms with van der Waals surface area (Å²) in [6, 6.07) is 10.6. The third kappa shape index (κ3) is 5.19. The SMILES string of the molecule is COC[C@@H](C)NS(=O)(=O)c1ccc(NCC[C@H]2C(=O)Nc3ccccc32)c([N+](=O)[O-])c1. The first-order valence-electron chi connectivity index (χ1n) is 9.66. The third-order valence-electron chi connectivity index (χ3n) is 4.91. The maximum absolute atomic E-state index is 12.5. The fraction of sp³-hybridized carbons (Fsp3) is 0.350. The number of rotatable bonds is 10. The highest BCUT2D eigenvalue weighted by molar-refractivity contribution is 7.89. The Kier molecular flexibility index (Phi) is 6.88. The van der Waals surface area contributed by atoms with Crippen molar-refractivity contribution in [3.63, 3.8) is 0 Å². The Morgan fingerprint density at radius 3 is 2.71 bits per heavy atom. The molecule has 0 aliphatic carbocycles. The van der Waals surface area contributed by atoms with Gasteiger partial charge in [-0.1, -0.05) is 18.2 Å². The first-order valence-corrected chi connectivity index (χ1v) is 11.1. The van der Waals surface area contributed by atoms with E-state index in [0.717, 1.165) is 17.3 Å². The number of amides is 1. The predicted octanol–water partition coefficient (Wildman–Crippen LogP) is 2.45. The lowest BCUT2D eigenvalue weighted by molar-refractivity contribution is -0.384. The number of carbonyl (C=O) groups excluding carboxylic acids is 1. The summed E-state index contributed by atoms with van der Waals surface area (Å²) in [6.45, 7) is 2.09. The molecule has 0 saturated carbocycles. The van der Waals surface area contributed by atoms with Gasteiger partial charge in [-0.3, -0.25) is 14.9 Å². The average Bonchev–Trinajstić information content (AvgIpc) is 3.03. The van der Waals surface area contributed by atoms with Crippen LogP contribution in [0.15, 0.2) is 47.4 Å². The minimum absolute atomic E-state index is 0.116. The number of nitrogens with one attached hydrogen (secondary N) is 3. The van der Waals surface area contributed by atoms with Crippen LogP contribution in [0.4, 0.5) is 17.1 Å². The number of nitro benzene ring substituents is 1. The Bertz CT molecular complexity index is 1090. The van der Waals surface area contributed by atoms with Crippen molar-refractivity contribution in [3.05, 3.63) is 58.1 Å². The molecule has 10 nitrogen and oxygen atoms in total. The number of ether oxygens (including phenoxy) is 1. The van der Waals surface area contributed by atoms with Crippen LogP contribution in [-0.4, -0.2) is 45.6 Å². The van der Waals surface area contributed by atoms with Gasteiger partial charge < -0.3 is 15.4 Å². The van der Waals surface area contributed by atoms with E-state index in [0.29, 0.717) is 13.0 Å². The lowest BCUT2D eigenvalue weighted by atomic mass is 9.97. The Labute approximate surface area is 180 Å². The molecule has 0 bridgehead atoms. The van der Waals surface area contributed by atoms with Crippen LogP contribution < -0.4 is 15.4 Å². The summed E-state index contributed by atoms with van der Waals surface area (Å²) in [5.74, 6) is -0.468. The molecule has 0 aromatic heterocycles. The minimum atomic E-state index is -3.94. The molecule has 1 aliphatic rings. The normalized spacial score (nSPS) is 16.5. The molecular weight excluding hydrogens is 424 g/mol. The molecule has 0 unspecified atom stereocenters. The highest BCUT2D eigenvalue weighted by Crippen LogP contribution is 2.34. The molecule has 1 aliphatic heterocycles. The predicted molar refractivity (Wildman–Crippen MR) is 116 cm³/mol. The maximum Gasteiger partial charge on any atom is 0.293 e. The van der Waals surface area contributed by atoms with Gasteiger partial charge in [0.2, 0.25) is 15.9 Å². The summed E-state index contributed by atoms with van der Waals surface area (Å²) >= 11 is 0. The van der Waals surface area contributed by atoms with Crippen LogP contribution in [0.5, 0.6) is 0 Å². The van der Waals surface area contributed by atoms with Gasteiger partial charge in [0, 0.05) is 31.5 Å². The van der Waals surface area contributed by atoms with E-state index in [2.05, 4.69) is 15.4 Å². The third-order valence-corrected chi connectivity index (χ3v) is 6.50. The Balaban J connectivity index is 1.72. The number of methoxy groups -OCH3 is 1. The Morgan fingerprint density at radius 2 is 2.00 bits per heavy atom. The van der Waals surface area contributed by atoms with Crippen LogP contribution >= 0.6 is 0 Å². The van der Waals surface area contributed by atoms with Crippen LogP contribution in [0.25, 0.3) is 0 Å². The number of hydrogen-bond acceptors (Lipinski definition) is 7. The average molecular weight is 449 g/mol. The molecule has 166 valence electrons. The van der Waals surface area contributed by atoms with Gasteiger partial charge in [-0.2, -0.15) is 0 Å². The molecule has 3 N–H and O–H groups in total. The van der Waals surface area contributed by atoms with Gasteiger partial charge in [-0.15, -0.1) is 0 Å². The summed E-state index contributed by atoms with van der Waals surface area (Å²) in [4.78, 5) is 22.9. The van der Waals surface area contributed by atoms with E-state index in [4.69, 9.17) is 4.74 Å². The smallest absolute Gasteiger partial charge is 0.293 e. The molecule has 0 spiro atoms. The van der Waals surface area contributed by atoms with Crippen molar-refractivity contribution >= 4 is 33.0 Å². The number of nitrogens with zero attached hydrogens (tertiary/aromatic N) is 1. The van der Waals surface area contributed by atoms with E-state index in [1.165, 1.54) is 19.2 Å². The van der Waals surface area contributed by atoms with Crippen molar-refractivity contribution in [2.24, 2.45) is 0 Å². The second-order valence-corrected chi connectivity index (χ2v) is 8.97. The van der Waals surface area contributed by atoms with Crippen molar-refractivity contribution in [2.75, 3.05) is 30.9 Å². The zero-order valence-electron chi connectivity index (χ0n) is 17.1. The second-order valence-electron chi connectivity index (χ2n) is 7.26. The van der Waals surface area contributed by atoms with E-state index in [1.807, 2.05) is 24.3 Å². The van der Waals surface area contributed by atoms with Crippen molar-refractivity contribution in [1.82, 2.24) is 4.72 Å². The molecule has 0 radical (unpaired) electrons. The maximum atomic E-state index is 12.5. The topological polar surface area (TPSA) is 140 Å². The monoisotopic (exact) mass is 448 g/mol. The van der Waals surface area contributed by atoms with Gasteiger partial charge in [0.25, 0.3) is 5.69 Å². The van der Waals surface area contributed by atoms with Crippen LogP contribution in [0.1, 0.15) is 24.8 Å². The summed E-state index contributed by atoms with van der Waals surface area (Å²) in [5.41, 5.74) is 1.48. The molecule has 0 fully saturated rings. The zero-order valence-corrected chi connectivity index (χ0v) is 17.9. The van der Waals surface area contributed by atoms with Crippen molar-refractivity contribution in [3.8, 4) is 0 Å². The summed E-state index contributed by atoms with van der Waals surface area (Å²) in [5, 5.41) is 17.3. The fourth-order valence-electron chi connectivity index (χ4n) is 3.51. The summed E-state index contributed by atoms with van der Waals surface area (Å²) in [6.07, 6.45) is 0.427. The number of fused-ring (bicyclic) bond motifs is 1. The molecule has 2 aromatic carbocycles. The van der Waals surface area contributed by atoms with Crippen molar-refractivity contribution in [2.45, 2.75) is 30.2 Å². The van der Waals surface area contributed by atoms with Crippen LogP contribution in [0.2, 0.25) is 0 Å². The molecule has 31 heavy (non-hydrogen) atoms. The first-order chi connectivity index (χ1) is 14.7. The number of para-hydroxylation sites is 1. The molecule has 1 heterocycles. The second kappa shape index (κ2) is 9.41. The van der Waals surface area contributed by atoms with E-state index < -0.39 is 21.0 Å². The molecule has 2 aromatic rings. The number of anilines is 2. The number of carbonyl (C=O) groups is 1. The van der Waals surface area contributed by atoms with Crippen LogP contribution in [0, 0.1) is 10.1 Å². The Morgan fingerprint density at radius 1 is 1.26 bits per heavy atom. The molecule has 2 atom stereocenters. The highest BCUT2D eigenvalue weighted by atomic mass is 32.2. The summed E-state index contributed by atoms with van der Waals surface area (Å²) < 4.78 is 32.3. The molecular formula is C20H24N4O6S. The van der Waals surface area contributed by atoms with E-state index >= 15 is 0 Å². The van der Waals surface area contributed by atoms with Gasteiger partial charge in [-0.05, 0) is 37.1 Å². The minimum Gasteiger partial charge on any atom is -0.383 e. The standard InChI is InChI=1S/C20H24N4O6S/c1-13(12-30-2)23-31(28,29)14-7-8-18(19(11-14)24(26)27)21-10-9-16-15-5-3-4-6-17(15)22-20(16)25/h3-8,11,13,16,21,23H,9-10,12H2,1-2H3,(H,22,25)/t13-,16-/m1/s1. The van der Waals surface area contributed by atoms with Gasteiger partial charge in [-0.25, -0.2) is 13.1 Å². The number of hydrogen-bond donors (Lipinski definition) is 3. The van der Waals surface area contributed by atoms with Crippen LogP contribution in [-0.2, 0) is 19.6 Å². The lowest BCUT2D eigenvalue weighted by Gasteiger charge is -2.14. The highest BCUT2D eigenvalue weighted by Gasteiger charge is 2.30. The largest absolute Gasteiger partial charge is 0.383 e. The van der Waals surface area contributed by atoms with E-state index in [-0.39, 0.29) is 34.7 Å². The van der Waals surface area contributed by atoms with Gasteiger partial charge in [0.15, 0.2) is 0 Å². The molecule has 1 amide bonds. The van der Waals surface area contributed by atoms with E-state index in [1.54, 1.807) is 6.92 Å². The van der Waals surface area contributed by atoms with Gasteiger partial charge in [0.05, 0.1) is 22.3 Å². The summed E-state index contributed by atoms with van der Waals surface area (Å²) in [7, 11) is -2.50. The lowest BCUT2D eigenvalue weighted by Crippen LogP contribution is -2.35. The molecule has 3 rings (SSSR count). The zero-order chi connectivity index (χ0) is 22.6. The Hall–Kier alpha value is -3.02. The van der Waals surface area contributed by atoms with E-state index in [9.17, 15) is 23.3 Å². The van der Waals surface area contributed by atoms with Gasteiger partial charge >= 0.3 is 0 Å². The molecule has 0 saturated heterocycles. The van der Waals surface area contributed by atoms with Crippen molar-refractivity contribution < 1.29 is 22.9 Å². The fourth-order valence-corrected chi connectivity index (χ4v) is 4.76. The molecule has 11 heteroatoms. The first kappa shape index (κ1) is 22.7. The number of sulfonamides is 1. The van der Waals surface area contributed by atoms with Gasteiger partial charge in [0.1, 0.15) is 5.69 Å².